The van der Waals surface area contributed by atoms with Crippen LogP contribution in [0.25, 0.3) is 0 Å². The van der Waals surface area contributed by atoms with E-state index >= 15 is 0 Å². The van der Waals surface area contributed by atoms with Gasteiger partial charge in [0, 0.05) is 23.7 Å². The molecule has 1 fully saturated rings. The summed E-state index contributed by atoms with van der Waals surface area (Å²) in [5.74, 6) is 0.283. The summed E-state index contributed by atoms with van der Waals surface area (Å²) < 4.78 is 11.3. The number of anilines is 1. The van der Waals surface area contributed by atoms with E-state index in [0.717, 1.165) is 5.56 Å². The quantitative estimate of drug-likeness (QED) is 0.588. The summed E-state index contributed by atoms with van der Waals surface area (Å²) in [5.41, 5.74) is 1.41. The van der Waals surface area contributed by atoms with Crippen molar-refractivity contribution in [2.24, 2.45) is 0 Å². The van der Waals surface area contributed by atoms with Gasteiger partial charge < -0.3 is 14.4 Å². The number of morpholine rings is 1. The Kier molecular flexibility index (Phi) is 5.40. The number of hydrogen-bond acceptors (Lipinski definition) is 5. The largest absolute Gasteiger partial charge is 0.487 e. The molecule has 0 N–H and O–H groups in total. The normalized spacial score (nSPS) is 17.4. The van der Waals surface area contributed by atoms with Gasteiger partial charge in [0.1, 0.15) is 11.8 Å². The van der Waals surface area contributed by atoms with E-state index < -0.39 is 0 Å². The molecule has 0 aromatic heterocycles. The Morgan fingerprint density at radius 2 is 2.12 bits per heavy atom. The molecular weight excluding hydrogens is 344 g/mol. The lowest BCUT2D eigenvalue weighted by atomic mass is 10.1. The summed E-state index contributed by atoms with van der Waals surface area (Å²) in [7, 11) is 0. The molecule has 132 valence electrons. The van der Waals surface area contributed by atoms with Crippen LogP contribution in [0.4, 0.5) is 11.4 Å². The van der Waals surface area contributed by atoms with E-state index in [2.05, 4.69) is 0 Å². The molecular formula is C18H19ClN2O4. The van der Waals surface area contributed by atoms with Gasteiger partial charge in [-0.05, 0) is 25.1 Å². The van der Waals surface area contributed by atoms with Crippen molar-refractivity contribution in [3.8, 4) is 5.75 Å². The Balaban J connectivity index is 1.93. The molecule has 1 aliphatic rings. The lowest BCUT2D eigenvalue weighted by molar-refractivity contribution is -0.385. The van der Waals surface area contributed by atoms with E-state index in [1.165, 1.54) is 0 Å². The number of nitro groups is 1. The predicted molar refractivity (Wildman–Crippen MR) is 96.6 cm³/mol. The summed E-state index contributed by atoms with van der Waals surface area (Å²) in [6.07, 6.45) is -0.238. The Hall–Kier alpha value is -2.31. The SMILES string of the molecule is CCOc1cccc(N2CCOC(c3ccccc3Cl)C2)c1[N+](=O)[O-]. The molecule has 25 heavy (non-hydrogen) atoms. The lowest BCUT2D eigenvalue weighted by Gasteiger charge is -2.34. The molecule has 0 spiro atoms. The van der Waals surface area contributed by atoms with E-state index in [1.54, 1.807) is 25.1 Å². The van der Waals surface area contributed by atoms with Crippen LogP contribution in [0.2, 0.25) is 5.02 Å². The molecule has 1 unspecified atom stereocenters. The van der Waals surface area contributed by atoms with Crippen LogP contribution in [0.5, 0.6) is 5.75 Å². The lowest BCUT2D eigenvalue weighted by Crippen LogP contribution is -2.38. The third-order valence-corrected chi connectivity index (χ3v) is 4.46. The van der Waals surface area contributed by atoms with Crippen molar-refractivity contribution in [2.75, 3.05) is 31.2 Å². The van der Waals surface area contributed by atoms with Crippen LogP contribution in [0.1, 0.15) is 18.6 Å². The summed E-state index contributed by atoms with van der Waals surface area (Å²) in [4.78, 5) is 13.2. The highest BCUT2D eigenvalue weighted by atomic mass is 35.5. The first kappa shape index (κ1) is 17.5. The van der Waals surface area contributed by atoms with Crippen molar-refractivity contribution >= 4 is 23.0 Å². The van der Waals surface area contributed by atoms with Gasteiger partial charge >= 0.3 is 5.69 Å². The second-order valence-corrected chi connectivity index (χ2v) is 6.05. The van der Waals surface area contributed by atoms with E-state index in [0.29, 0.717) is 37.0 Å². The number of halogens is 1. The van der Waals surface area contributed by atoms with E-state index in [1.807, 2.05) is 29.2 Å². The van der Waals surface area contributed by atoms with Gasteiger partial charge in [-0.2, -0.15) is 0 Å². The highest BCUT2D eigenvalue weighted by molar-refractivity contribution is 6.31. The highest BCUT2D eigenvalue weighted by Gasteiger charge is 2.30. The summed E-state index contributed by atoms with van der Waals surface area (Å²) in [6.45, 7) is 3.69. The molecule has 0 aliphatic carbocycles. The number of ether oxygens (including phenoxy) is 2. The Morgan fingerprint density at radius 1 is 1.32 bits per heavy atom. The highest BCUT2D eigenvalue weighted by Crippen LogP contribution is 2.39. The van der Waals surface area contributed by atoms with Gasteiger partial charge in [-0.1, -0.05) is 35.9 Å². The maximum Gasteiger partial charge on any atom is 0.333 e. The molecule has 1 aliphatic heterocycles. The third-order valence-electron chi connectivity index (χ3n) is 4.12. The zero-order chi connectivity index (χ0) is 17.8. The van der Waals surface area contributed by atoms with Gasteiger partial charge in [-0.3, -0.25) is 10.1 Å². The first-order chi connectivity index (χ1) is 12.1. The monoisotopic (exact) mass is 362 g/mol. The zero-order valence-electron chi connectivity index (χ0n) is 13.9. The number of para-hydroxylation sites is 1. The summed E-state index contributed by atoms with van der Waals surface area (Å²) in [5, 5.41) is 12.2. The van der Waals surface area contributed by atoms with Crippen LogP contribution in [0.3, 0.4) is 0 Å². The van der Waals surface area contributed by atoms with E-state index in [9.17, 15) is 10.1 Å². The molecule has 0 saturated carbocycles. The van der Waals surface area contributed by atoms with Gasteiger partial charge in [-0.15, -0.1) is 0 Å². The number of rotatable bonds is 5. The average Bonchev–Trinajstić information content (AvgIpc) is 2.62. The van der Waals surface area contributed by atoms with Gasteiger partial charge in [0.05, 0.1) is 18.1 Å². The number of benzene rings is 2. The first-order valence-corrected chi connectivity index (χ1v) is 8.50. The Morgan fingerprint density at radius 3 is 2.84 bits per heavy atom. The van der Waals surface area contributed by atoms with Crippen LogP contribution in [0.15, 0.2) is 42.5 Å². The molecule has 0 bridgehead atoms. The van der Waals surface area contributed by atoms with Crippen LogP contribution >= 0.6 is 11.6 Å². The molecule has 1 atom stereocenters. The number of hydrogen-bond donors (Lipinski definition) is 0. The minimum Gasteiger partial charge on any atom is -0.487 e. The summed E-state index contributed by atoms with van der Waals surface area (Å²) in [6, 6.07) is 12.6. The van der Waals surface area contributed by atoms with Crippen LogP contribution in [0, 0.1) is 10.1 Å². The standard InChI is InChI=1S/C18H19ClN2O4/c1-2-24-16-9-5-8-15(18(16)21(22)23)20-10-11-25-17(12-20)13-6-3-4-7-14(13)19/h3-9,17H,2,10-12H2,1H3. The minimum absolute atomic E-state index is 0.0100. The number of nitrogens with zero attached hydrogens (tertiary/aromatic N) is 2. The second kappa shape index (κ2) is 7.72. The van der Waals surface area contributed by atoms with Crippen molar-refractivity contribution in [2.45, 2.75) is 13.0 Å². The molecule has 0 amide bonds. The average molecular weight is 363 g/mol. The van der Waals surface area contributed by atoms with Gasteiger partial charge in [0.25, 0.3) is 0 Å². The van der Waals surface area contributed by atoms with Crippen molar-refractivity contribution < 1.29 is 14.4 Å². The van der Waals surface area contributed by atoms with Crippen molar-refractivity contribution in [1.82, 2.24) is 0 Å². The van der Waals surface area contributed by atoms with E-state index in [-0.39, 0.29) is 22.5 Å². The van der Waals surface area contributed by atoms with Gasteiger partial charge in [-0.25, -0.2) is 0 Å². The van der Waals surface area contributed by atoms with Crippen LogP contribution < -0.4 is 9.64 Å². The molecule has 0 radical (unpaired) electrons. The molecule has 3 rings (SSSR count). The fourth-order valence-electron chi connectivity index (χ4n) is 3.01. The fourth-order valence-corrected chi connectivity index (χ4v) is 3.27. The van der Waals surface area contributed by atoms with Crippen molar-refractivity contribution in [3.05, 3.63) is 63.2 Å². The smallest absolute Gasteiger partial charge is 0.333 e. The summed E-state index contributed by atoms with van der Waals surface area (Å²) >= 11 is 6.27. The Bertz CT molecular complexity index is 768. The predicted octanol–water partition coefficient (Wildman–Crippen LogP) is 4.22. The topological polar surface area (TPSA) is 64.8 Å². The second-order valence-electron chi connectivity index (χ2n) is 5.64. The van der Waals surface area contributed by atoms with Gasteiger partial charge in [0.15, 0.2) is 5.75 Å². The van der Waals surface area contributed by atoms with Crippen molar-refractivity contribution in [1.29, 1.82) is 0 Å². The number of nitro benzene ring substituents is 1. The maximum absolute atomic E-state index is 11.6. The van der Waals surface area contributed by atoms with Crippen LogP contribution in [-0.4, -0.2) is 31.2 Å². The molecule has 7 heteroatoms. The van der Waals surface area contributed by atoms with Gasteiger partial charge in [0.2, 0.25) is 0 Å². The van der Waals surface area contributed by atoms with Crippen LogP contribution in [-0.2, 0) is 4.74 Å². The zero-order valence-corrected chi connectivity index (χ0v) is 14.6. The van der Waals surface area contributed by atoms with Crippen molar-refractivity contribution in [3.63, 3.8) is 0 Å². The van der Waals surface area contributed by atoms with E-state index in [4.69, 9.17) is 21.1 Å². The molecule has 2 aromatic rings. The Labute approximate surface area is 151 Å². The molecule has 6 nitrogen and oxygen atoms in total. The minimum atomic E-state index is -0.389. The molecule has 1 saturated heterocycles. The maximum atomic E-state index is 11.6. The third kappa shape index (κ3) is 3.70. The molecule has 2 aromatic carbocycles. The molecule has 1 heterocycles. The first-order valence-electron chi connectivity index (χ1n) is 8.13. The fraction of sp³-hybridized carbons (Fsp3) is 0.333.